The molecule has 2 heterocycles. The monoisotopic (exact) mass is 452 g/mol. The first-order valence-electron chi connectivity index (χ1n) is 9.91. The number of thiazole rings is 1. The molecule has 5 nitrogen and oxygen atoms in total. The predicted molar refractivity (Wildman–Crippen MR) is 123 cm³/mol. The molecule has 0 radical (unpaired) electrons. The number of esters is 1. The minimum atomic E-state index is -0.607. The number of carbonyl (C=O) groups is 1. The number of benzene rings is 2. The zero-order chi connectivity index (χ0) is 22.1. The normalized spacial score (nSPS) is 16.1. The summed E-state index contributed by atoms with van der Waals surface area (Å²) in [4.78, 5) is 31.4. The summed E-state index contributed by atoms with van der Waals surface area (Å²) in [5.41, 5.74) is 3.38. The molecule has 4 rings (SSSR count). The van der Waals surface area contributed by atoms with E-state index in [0.717, 1.165) is 16.7 Å². The maximum absolute atomic E-state index is 13.5. The third-order valence-corrected chi connectivity index (χ3v) is 6.43. The van der Waals surface area contributed by atoms with Gasteiger partial charge in [0.05, 0.1) is 28.5 Å². The van der Waals surface area contributed by atoms with E-state index in [1.165, 1.54) is 11.3 Å². The highest BCUT2D eigenvalue weighted by atomic mass is 35.5. The Hall–Kier alpha value is -2.96. The van der Waals surface area contributed by atoms with Crippen LogP contribution in [-0.2, 0) is 9.53 Å². The third-order valence-electron chi connectivity index (χ3n) is 5.10. The van der Waals surface area contributed by atoms with Gasteiger partial charge in [-0.25, -0.2) is 9.79 Å². The third kappa shape index (κ3) is 4.01. The summed E-state index contributed by atoms with van der Waals surface area (Å²) in [6.07, 6.45) is 1.77. The van der Waals surface area contributed by atoms with Gasteiger partial charge in [-0.05, 0) is 44.0 Å². The number of allylic oxidation sites excluding steroid dienone is 1. The molecule has 2 aromatic carbocycles. The van der Waals surface area contributed by atoms with Gasteiger partial charge in [-0.15, -0.1) is 0 Å². The number of rotatable bonds is 4. The maximum atomic E-state index is 13.5. The van der Waals surface area contributed by atoms with Crippen LogP contribution < -0.4 is 14.9 Å². The van der Waals surface area contributed by atoms with Gasteiger partial charge in [0.25, 0.3) is 5.56 Å². The van der Waals surface area contributed by atoms with E-state index in [-0.39, 0.29) is 12.2 Å². The summed E-state index contributed by atoms with van der Waals surface area (Å²) in [5.74, 6) is -0.463. The lowest BCUT2D eigenvalue weighted by atomic mass is 9.95. The van der Waals surface area contributed by atoms with Crippen LogP contribution in [0.1, 0.15) is 36.6 Å². The maximum Gasteiger partial charge on any atom is 0.338 e. The van der Waals surface area contributed by atoms with Gasteiger partial charge >= 0.3 is 5.97 Å². The molecule has 0 fully saturated rings. The molecule has 0 spiro atoms. The molecule has 1 aliphatic rings. The van der Waals surface area contributed by atoms with Crippen LogP contribution in [0.3, 0.4) is 0 Å². The van der Waals surface area contributed by atoms with Crippen LogP contribution in [0.2, 0.25) is 5.02 Å². The molecule has 1 aromatic heterocycles. The first kappa shape index (κ1) is 21.3. The lowest BCUT2D eigenvalue weighted by molar-refractivity contribution is -0.139. The van der Waals surface area contributed by atoms with Crippen LogP contribution in [0.15, 0.2) is 69.6 Å². The quantitative estimate of drug-likeness (QED) is 0.566. The van der Waals surface area contributed by atoms with Crippen molar-refractivity contribution in [1.82, 2.24) is 4.57 Å². The topological polar surface area (TPSA) is 60.7 Å². The molecule has 1 aliphatic heterocycles. The van der Waals surface area contributed by atoms with E-state index >= 15 is 0 Å². The number of halogens is 1. The zero-order valence-electron chi connectivity index (χ0n) is 17.4. The Kier molecular flexibility index (Phi) is 5.94. The van der Waals surface area contributed by atoms with Crippen molar-refractivity contribution in [3.05, 3.63) is 101 Å². The number of ether oxygens (including phenoxy) is 1. The molecule has 1 atom stereocenters. The lowest BCUT2D eigenvalue weighted by Crippen LogP contribution is -2.39. The number of carbonyl (C=O) groups excluding carboxylic acids is 1. The molecule has 31 heavy (non-hydrogen) atoms. The van der Waals surface area contributed by atoms with E-state index < -0.39 is 12.0 Å². The van der Waals surface area contributed by atoms with Gasteiger partial charge in [0.15, 0.2) is 4.80 Å². The van der Waals surface area contributed by atoms with Gasteiger partial charge in [0, 0.05) is 5.02 Å². The number of aromatic nitrogens is 1. The van der Waals surface area contributed by atoms with E-state index in [9.17, 15) is 9.59 Å². The van der Waals surface area contributed by atoms with E-state index in [1.807, 2.05) is 49.4 Å². The summed E-state index contributed by atoms with van der Waals surface area (Å²) < 4.78 is 7.39. The van der Waals surface area contributed by atoms with Crippen LogP contribution in [0.4, 0.5) is 0 Å². The number of fused-ring (bicyclic) bond motifs is 1. The lowest BCUT2D eigenvalue weighted by Gasteiger charge is -2.24. The Morgan fingerprint density at radius 2 is 1.90 bits per heavy atom. The molecule has 3 aromatic rings. The standard InChI is InChI=1S/C24H21ClN2O3S/c1-4-30-23(29)20-15(3)26-24-27(21(20)16-11-9-14(2)10-12-16)22(28)19(31-24)13-17-7-5-6-8-18(17)25/h5-13,21H,4H2,1-3H3/b19-13+/t21-/m1/s1. The van der Waals surface area contributed by atoms with E-state index in [1.54, 1.807) is 30.6 Å². The van der Waals surface area contributed by atoms with Crippen LogP contribution in [-0.4, -0.2) is 17.1 Å². The molecule has 0 aliphatic carbocycles. The summed E-state index contributed by atoms with van der Waals surface area (Å²) in [5, 5.41) is 0.562. The van der Waals surface area contributed by atoms with Gasteiger partial charge in [0.2, 0.25) is 0 Å². The molecule has 0 saturated heterocycles. The van der Waals surface area contributed by atoms with Crippen molar-refractivity contribution in [2.75, 3.05) is 6.61 Å². The number of hydrogen-bond acceptors (Lipinski definition) is 5. The first-order valence-corrected chi connectivity index (χ1v) is 11.1. The van der Waals surface area contributed by atoms with Crippen molar-refractivity contribution >= 4 is 35.0 Å². The first-order chi connectivity index (χ1) is 14.9. The van der Waals surface area contributed by atoms with Crippen molar-refractivity contribution in [2.45, 2.75) is 26.8 Å². The fraction of sp³-hybridized carbons (Fsp3) is 0.208. The molecule has 7 heteroatoms. The van der Waals surface area contributed by atoms with Gasteiger partial charge in [-0.1, -0.05) is 71.0 Å². The molecule has 0 amide bonds. The largest absolute Gasteiger partial charge is 0.463 e. The van der Waals surface area contributed by atoms with Crippen molar-refractivity contribution in [1.29, 1.82) is 0 Å². The molecule has 0 saturated carbocycles. The Morgan fingerprint density at radius 1 is 1.19 bits per heavy atom. The second-order valence-corrected chi connectivity index (χ2v) is 8.65. The number of hydrogen-bond donors (Lipinski definition) is 0. The van der Waals surface area contributed by atoms with Crippen LogP contribution in [0, 0.1) is 6.92 Å². The molecular formula is C24H21ClN2O3S. The van der Waals surface area contributed by atoms with Crippen molar-refractivity contribution < 1.29 is 9.53 Å². The molecule has 0 N–H and O–H groups in total. The minimum Gasteiger partial charge on any atom is -0.463 e. The van der Waals surface area contributed by atoms with Gasteiger partial charge in [0.1, 0.15) is 0 Å². The summed E-state index contributed by atoms with van der Waals surface area (Å²) in [7, 11) is 0. The second-order valence-electron chi connectivity index (χ2n) is 7.23. The number of aryl methyl sites for hydroxylation is 1. The Bertz CT molecular complexity index is 1370. The van der Waals surface area contributed by atoms with E-state index in [0.29, 0.717) is 25.6 Å². The SMILES string of the molecule is CCOC(=O)C1=C(C)N=c2s/c(=C/c3ccccc3Cl)c(=O)n2[C@@H]1c1ccc(C)cc1. The minimum absolute atomic E-state index is 0.219. The average molecular weight is 453 g/mol. The number of nitrogens with zero attached hydrogens (tertiary/aromatic N) is 2. The van der Waals surface area contributed by atoms with E-state index in [4.69, 9.17) is 16.3 Å². The Balaban J connectivity index is 1.97. The summed E-state index contributed by atoms with van der Waals surface area (Å²) >= 11 is 7.57. The Morgan fingerprint density at radius 3 is 2.58 bits per heavy atom. The summed E-state index contributed by atoms with van der Waals surface area (Å²) in [6, 6.07) is 14.5. The van der Waals surface area contributed by atoms with Gasteiger partial charge < -0.3 is 4.74 Å². The van der Waals surface area contributed by atoms with Crippen molar-refractivity contribution in [2.24, 2.45) is 4.99 Å². The molecular weight excluding hydrogens is 432 g/mol. The van der Waals surface area contributed by atoms with Crippen molar-refractivity contribution in [3.8, 4) is 0 Å². The predicted octanol–water partition coefficient (Wildman–Crippen LogP) is 3.76. The van der Waals surface area contributed by atoms with Crippen LogP contribution in [0.25, 0.3) is 6.08 Å². The highest BCUT2D eigenvalue weighted by molar-refractivity contribution is 7.07. The van der Waals surface area contributed by atoms with Gasteiger partial charge in [-0.3, -0.25) is 9.36 Å². The zero-order valence-corrected chi connectivity index (χ0v) is 19.0. The molecule has 0 unspecified atom stereocenters. The highest BCUT2D eigenvalue weighted by Crippen LogP contribution is 2.30. The highest BCUT2D eigenvalue weighted by Gasteiger charge is 2.33. The smallest absolute Gasteiger partial charge is 0.338 e. The second kappa shape index (κ2) is 8.65. The summed E-state index contributed by atoms with van der Waals surface area (Å²) in [6.45, 7) is 5.77. The fourth-order valence-electron chi connectivity index (χ4n) is 3.59. The fourth-order valence-corrected chi connectivity index (χ4v) is 4.82. The molecule has 0 bridgehead atoms. The Labute approximate surface area is 188 Å². The van der Waals surface area contributed by atoms with Crippen LogP contribution >= 0.6 is 22.9 Å². The van der Waals surface area contributed by atoms with Crippen LogP contribution in [0.5, 0.6) is 0 Å². The van der Waals surface area contributed by atoms with E-state index in [2.05, 4.69) is 4.99 Å². The van der Waals surface area contributed by atoms with Crippen molar-refractivity contribution in [3.63, 3.8) is 0 Å². The van der Waals surface area contributed by atoms with Gasteiger partial charge in [-0.2, -0.15) is 0 Å². The average Bonchev–Trinajstić information content (AvgIpc) is 3.04. The molecule has 158 valence electrons.